The van der Waals surface area contributed by atoms with Gasteiger partial charge in [-0.2, -0.15) is 0 Å². The summed E-state index contributed by atoms with van der Waals surface area (Å²) < 4.78 is 0. The predicted molar refractivity (Wildman–Crippen MR) is 147 cm³/mol. The molecule has 1 aliphatic heterocycles. The zero-order valence-corrected chi connectivity index (χ0v) is 21.6. The van der Waals surface area contributed by atoms with E-state index in [1.807, 2.05) is 48.5 Å². The second-order valence-corrected chi connectivity index (χ2v) is 10.9. The minimum absolute atomic E-state index is 0.00371. The Morgan fingerprint density at radius 1 is 0.944 bits per heavy atom. The van der Waals surface area contributed by atoms with Gasteiger partial charge in [-0.1, -0.05) is 85.6 Å². The largest absolute Gasteiger partial charge is 0.507 e. The molecule has 0 spiro atoms. The smallest absolute Gasteiger partial charge is 0.162 e. The Bertz CT molecular complexity index is 1420. The summed E-state index contributed by atoms with van der Waals surface area (Å²) in [6.45, 7) is 4.13. The molecule has 36 heavy (non-hydrogen) atoms. The van der Waals surface area contributed by atoms with Gasteiger partial charge in [0.15, 0.2) is 5.78 Å². The van der Waals surface area contributed by atoms with Crippen molar-refractivity contribution in [2.24, 2.45) is 5.41 Å². The number of hydrogen-bond donors (Lipinski definition) is 2. The lowest BCUT2D eigenvalue weighted by atomic mass is 9.67. The minimum Gasteiger partial charge on any atom is -0.507 e. The molecule has 1 atom stereocenters. The molecule has 5 rings (SSSR count). The molecule has 3 aromatic carbocycles. The van der Waals surface area contributed by atoms with Gasteiger partial charge in [0.1, 0.15) is 11.6 Å². The highest BCUT2D eigenvalue weighted by Crippen LogP contribution is 2.52. The van der Waals surface area contributed by atoms with Crippen molar-refractivity contribution in [2.75, 3.05) is 4.90 Å². The number of rotatable bonds is 3. The molecule has 3 aromatic rings. The molecule has 2 N–H and O–H groups in total. The Balaban J connectivity index is 1.87. The van der Waals surface area contributed by atoms with Gasteiger partial charge < -0.3 is 5.11 Å². The fourth-order valence-electron chi connectivity index (χ4n) is 5.26. The van der Waals surface area contributed by atoms with Gasteiger partial charge in [0, 0.05) is 50.5 Å². The van der Waals surface area contributed by atoms with E-state index in [1.165, 1.54) is 0 Å². The molecule has 0 aromatic heterocycles. The molecule has 1 unspecified atom stereocenters. The first-order chi connectivity index (χ1) is 17.2. The van der Waals surface area contributed by atoms with Crippen molar-refractivity contribution in [2.45, 2.75) is 32.6 Å². The van der Waals surface area contributed by atoms with E-state index in [1.54, 1.807) is 35.2 Å². The molecular formula is C30H26Cl2N2O2. The fraction of sp³-hybridized carbons (Fsp3) is 0.200. The molecule has 0 bridgehead atoms. The highest BCUT2D eigenvalue weighted by Gasteiger charge is 2.47. The van der Waals surface area contributed by atoms with Crippen LogP contribution in [0.15, 0.2) is 95.7 Å². The molecule has 0 fully saturated rings. The number of nitrogens with one attached hydrogen (secondary N) is 1. The highest BCUT2D eigenvalue weighted by atomic mass is 35.5. The van der Waals surface area contributed by atoms with Gasteiger partial charge in [-0.15, -0.1) is 0 Å². The number of nitrogens with zero attached hydrogens (tertiary/aromatic N) is 1. The lowest BCUT2D eigenvalue weighted by Gasteiger charge is -2.45. The number of aliphatic hydroxyl groups is 1. The van der Waals surface area contributed by atoms with E-state index in [2.05, 4.69) is 13.8 Å². The second-order valence-electron chi connectivity index (χ2n) is 10.0. The molecule has 182 valence electrons. The van der Waals surface area contributed by atoms with E-state index in [0.717, 1.165) is 5.70 Å². The minimum atomic E-state index is -0.673. The monoisotopic (exact) mass is 516 g/mol. The van der Waals surface area contributed by atoms with Crippen molar-refractivity contribution in [3.8, 4) is 0 Å². The molecule has 1 aliphatic carbocycles. The Labute approximate surface area is 221 Å². The summed E-state index contributed by atoms with van der Waals surface area (Å²) in [5.74, 6) is -0.619. The van der Waals surface area contributed by atoms with Crippen LogP contribution in [0.5, 0.6) is 0 Å². The van der Waals surface area contributed by atoms with Crippen LogP contribution >= 0.6 is 23.2 Å². The standard InChI is InChI=1S/C30H26Cl2N2O2/c1-30(2)16-23-26(24(35)17-30)25(21-10-6-7-11-22(21)32)27(28(36)18-8-4-3-5-9-18)29(33)34(23)20-14-12-19(31)13-15-20/h3-15,25,33,36H,16-17H2,1-2H3/b28-27+,33-29?. The van der Waals surface area contributed by atoms with Crippen LogP contribution < -0.4 is 4.90 Å². The molecule has 0 amide bonds. The van der Waals surface area contributed by atoms with Gasteiger partial charge in [0.05, 0.1) is 0 Å². The van der Waals surface area contributed by atoms with Gasteiger partial charge in [-0.3, -0.25) is 15.1 Å². The van der Waals surface area contributed by atoms with Crippen LogP contribution in [0.4, 0.5) is 5.69 Å². The Kier molecular flexibility index (Phi) is 6.27. The summed E-state index contributed by atoms with van der Waals surface area (Å²) in [4.78, 5) is 15.6. The maximum absolute atomic E-state index is 13.9. The van der Waals surface area contributed by atoms with Crippen LogP contribution in [0.2, 0.25) is 10.0 Å². The van der Waals surface area contributed by atoms with Crippen molar-refractivity contribution in [1.82, 2.24) is 0 Å². The number of anilines is 1. The van der Waals surface area contributed by atoms with Crippen LogP contribution in [0.25, 0.3) is 5.76 Å². The maximum atomic E-state index is 13.9. The third-order valence-electron chi connectivity index (χ3n) is 6.83. The van der Waals surface area contributed by atoms with Crippen LogP contribution in [-0.2, 0) is 4.79 Å². The molecule has 2 aliphatic rings. The van der Waals surface area contributed by atoms with Crippen molar-refractivity contribution >= 4 is 46.3 Å². The number of carbonyl (C=O) groups is 1. The van der Waals surface area contributed by atoms with E-state index in [4.69, 9.17) is 23.2 Å². The number of Topliss-reactive ketones (excluding diaryl/α,β-unsaturated/α-hetero) is 1. The van der Waals surface area contributed by atoms with Crippen molar-refractivity contribution in [3.63, 3.8) is 0 Å². The summed E-state index contributed by atoms with van der Waals surface area (Å²) in [5.41, 5.74) is 3.36. The predicted octanol–water partition coefficient (Wildman–Crippen LogP) is 8.19. The summed E-state index contributed by atoms with van der Waals surface area (Å²) in [6.07, 6.45) is 0.966. The van der Waals surface area contributed by atoms with Gasteiger partial charge in [-0.25, -0.2) is 0 Å². The number of halogens is 2. The van der Waals surface area contributed by atoms with E-state index in [9.17, 15) is 15.3 Å². The molecule has 6 heteroatoms. The molecule has 0 saturated heterocycles. The van der Waals surface area contributed by atoms with Crippen LogP contribution in [0.3, 0.4) is 0 Å². The van der Waals surface area contributed by atoms with E-state index >= 15 is 0 Å². The van der Waals surface area contributed by atoms with Crippen molar-refractivity contribution in [1.29, 1.82) is 5.41 Å². The molecule has 0 saturated carbocycles. The third-order valence-corrected chi connectivity index (χ3v) is 7.42. The summed E-state index contributed by atoms with van der Waals surface area (Å²) in [7, 11) is 0. The summed E-state index contributed by atoms with van der Waals surface area (Å²) >= 11 is 12.9. The number of aliphatic hydroxyl groups excluding tert-OH is 1. The average Bonchev–Trinajstić information content (AvgIpc) is 2.84. The number of amidine groups is 1. The Morgan fingerprint density at radius 3 is 2.25 bits per heavy atom. The summed E-state index contributed by atoms with van der Waals surface area (Å²) in [5, 5.41) is 22.1. The Hall–Kier alpha value is -3.34. The van der Waals surface area contributed by atoms with E-state index in [-0.39, 0.29) is 22.8 Å². The first kappa shape index (κ1) is 24.4. The zero-order valence-electron chi connectivity index (χ0n) is 20.1. The number of hydrogen-bond acceptors (Lipinski definition) is 3. The lowest BCUT2D eigenvalue weighted by molar-refractivity contribution is -0.118. The number of benzene rings is 3. The van der Waals surface area contributed by atoms with Crippen molar-refractivity contribution < 1.29 is 9.90 Å². The highest BCUT2D eigenvalue weighted by molar-refractivity contribution is 6.32. The fourth-order valence-corrected chi connectivity index (χ4v) is 5.63. The van der Waals surface area contributed by atoms with E-state index < -0.39 is 5.92 Å². The summed E-state index contributed by atoms with van der Waals surface area (Å²) in [6, 6.07) is 23.7. The van der Waals surface area contributed by atoms with Crippen molar-refractivity contribution in [3.05, 3.63) is 117 Å². The number of allylic oxidation sites excluding steroid dienone is 2. The van der Waals surface area contributed by atoms with Gasteiger partial charge >= 0.3 is 0 Å². The molecule has 0 radical (unpaired) electrons. The molecule has 1 heterocycles. The quantitative estimate of drug-likeness (QED) is 0.344. The van der Waals surface area contributed by atoms with Crippen LogP contribution in [0.1, 0.15) is 43.7 Å². The van der Waals surface area contributed by atoms with Gasteiger partial charge in [0.2, 0.25) is 0 Å². The topological polar surface area (TPSA) is 64.4 Å². The third kappa shape index (κ3) is 4.25. The average molecular weight is 517 g/mol. The first-order valence-electron chi connectivity index (χ1n) is 11.8. The normalized spacial score (nSPS) is 20.9. The molecule has 4 nitrogen and oxygen atoms in total. The zero-order chi connectivity index (χ0) is 25.6. The Morgan fingerprint density at radius 2 is 1.58 bits per heavy atom. The van der Waals surface area contributed by atoms with Gasteiger partial charge in [0.25, 0.3) is 0 Å². The molecular weight excluding hydrogens is 491 g/mol. The second kappa shape index (κ2) is 9.27. The van der Waals surface area contributed by atoms with E-state index in [0.29, 0.717) is 50.8 Å². The SMILES string of the molecule is CC1(C)CC(=O)C2=C(C1)N(c1ccc(Cl)cc1)C(=N)/C(=C(/O)c1ccccc1)C2c1ccccc1Cl. The van der Waals surface area contributed by atoms with Crippen LogP contribution in [0, 0.1) is 10.8 Å². The van der Waals surface area contributed by atoms with Crippen LogP contribution in [-0.4, -0.2) is 16.7 Å². The van der Waals surface area contributed by atoms with Gasteiger partial charge in [-0.05, 0) is 47.7 Å². The number of ketones is 1. The maximum Gasteiger partial charge on any atom is 0.162 e. The lowest BCUT2D eigenvalue weighted by Crippen LogP contribution is -2.45. The first-order valence-corrected chi connectivity index (χ1v) is 12.6. The number of carbonyl (C=O) groups excluding carboxylic acids is 1.